The summed E-state index contributed by atoms with van der Waals surface area (Å²) in [5.74, 6) is -0.344. The highest BCUT2D eigenvalue weighted by Crippen LogP contribution is 2.24. The van der Waals surface area contributed by atoms with Gasteiger partial charge in [0.15, 0.2) is 0 Å². The van der Waals surface area contributed by atoms with Gasteiger partial charge in [0.2, 0.25) is 0 Å². The first-order valence-electron chi connectivity index (χ1n) is 8.72. The SMILES string of the molecule is O=C(c1cc(Cl)ccc1[N+](=O)[O-])N1CCN(C/C=C/c2ccccc2)CC1. The first kappa shape index (κ1) is 19.1. The van der Waals surface area contributed by atoms with Crippen LogP contribution in [0.4, 0.5) is 5.69 Å². The van der Waals surface area contributed by atoms with E-state index >= 15 is 0 Å². The molecule has 0 aliphatic carbocycles. The fourth-order valence-corrected chi connectivity index (χ4v) is 3.22. The third-order valence-electron chi connectivity index (χ3n) is 4.52. The van der Waals surface area contributed by atoms with Crippen LogP contribution in [0, 0.1) is 10.1 Å². The summed E-state index contributed by atoms with van der Waals surface area (Å²) in [6.07, 6.45) is 4.18. The summed E-state index contributed by atoms with van der Waals surface area (Å²) in [4.78, 5) is 27.2. The number of nitrogens with zero attached hydrogens (tertiary/aromatic N) is 3. The molecule has 0 unspecified atom stereocenters. The number of nitro benzene ring substituents is 1. The average molecular weight is 386 g/mol. The van der Waals surface area contributed by atoms with E-state index in [1.807, 2.05) is 30.3 Å². The van der Waals surface area contributed by atoms with E-state index in [1.165, 1.54) is 18.2 Å². The van der Waals surface area contributed by atoms with Gasteiger partial charge in [-0.2, -0.15) is 0 Å². The highest BCUT2D eigenvalue weighted by Gasteiger charge is 2.27. The fourth-order valence-electron chi connectivity index (χ4n) is 3.04. The third kappa shape index (κ3) is 4.93. The Morgan fingerprint density at radius 1 is 1.11 bits per heavy atom. The number of halogens is 1. The van der Waals surface area contributed by atoms with Crippen LogP contribution in [0.25, 0.3) is 6.08 Å². The Kier molecular flexibility index (Phi) is 6.21. The molecule has 1 aliphatic heterocycles. The molecule has 0 bridgehead atoms. The molecule has 6 nitrogen and oxygen atoms in total. The number of rotatable bonds is 5. The Bertz CT molecular complexity index is 847. The molecule has 0 atom stereocenters. The molecule has 1 amide bonds. The third-order valence-corrected chi connectivity index (χ3v) is 4.75. The van der Waals surface area contributed by atoms with Crippen molar-refractivity contribution >= 4 is 29.3 Å². The zero-order chi connectivity index (χ0) is 19.2. The minimum atomic E-state index is -0.547. The lowest BCUT2D eigenvalue weighted by atomic mass is 10.1. The number of carbonyl (C=O) groups excluding carboxylic acids is 1. The van der Waals surface area contributed by atoms with Gasteiger partial charge < -0.3 is 4.90 Å². The number of hydrogen-bond acceptors (Lipinski definition) is 4. The van der Waals surface area contributed by atoms with Crippen LogP contribution in [0.5, 0.6) is 0 Å². The Morgan fingerprint density at radius 2 is 1.81 bits per heavy atom. The largest absolute Gasteiger partial charge is 0.336 e. The zero-order valence-corrected chi connectivity index (χ0v) is 15.5. The molecule has 0 N–H and O–H groups in total. The Balaban J connectivity index is 1.58. The van der Waals surface area contributed by atoms with Crippen LogP contribution in [0.3, 0.4) is 0 Å². The smallest absolute Gasteiger partial charge is 0.282 e. The standard InChI is InChI=1S/C20H20ClN3O3/c21-17-8-9-19(24(26)27)18(15-17)20(25)23-13-11-22(12-14-23)10-4-7-16-5-2-1-3-6-16/h1-9,15H,10-14H2/b7-4+. The maximum atomic E-state index is 12.7. The van der Waals surface area contributed by atoms with Crippen LogP contribution in [0.15, 0.2) is 54.6 Å². The molecule has 0 aromatic heterocycles. The van der Waals surface area contributed by atoms with Crippen molar-refractivity contribution in [2.75, 3.05) is 32.7 Å². The molecule has 1 saturated heterocycles. The predicted octanol–water partition coefficient (Wildman–Crippen LogP) is 3.72. The molecule has 1 heterocycles. The zero-order valence-electron chi connectivity index (χ0n) is 14.8. The lowest BCUT2D eigenvalue weighted by Crippen LogP contribution is -2.48. The summed E-state index contributed by atoms with van der Waals surface area (Å²) in [5.41, 5.74) is 0.988. The van der Waals surface area contributed by atoms with Crippen molar-refractivity contribution in [3.8, 4) is 0 Å². The molecule has 7 heteroatoms. The van der Waals surface area contributed by atoms with Crippen LogP contribution in [0.1, 0.15) is 15.9 Å². The highest BCUT2D eigenvalue weighted by atomic mass is 35.5. The van der Waals surface area contributed by atoms with Gasteiger partial charge in [0.25, 0.3) is 11.6 Å². The van der Waals surface area contributed by atoms with Gasteiger partial charge in [-0.1, -0.05) is 54.1 Å². The lowest BCUT2D eigenvalue weighted by Gasteiger charge is -2.34. The summed E-state index contributed by atoms with van der Waals surface area (Å²) >= 11 is 5.93. The molecule has 27 heavy (non-hydrogen) atoms. The van der Waals surface area contributed by atoms with Crippen molar-refractivity contribution in [3.05, 3.63) is 80.9 Å². The van der Waals surface area contributed by atoms with Crippen molar-refractivity contribution in [2.45, 2.75) is 0 Å². The monoisotopic (exact) mass is 385 g/mol. The van der Waals surface area contributed by atoms with Gasteiger partial charge in [-0.05, 0) is 17.7 Å². The van der Waals surface area contributed by atoms with Gasteiger partial charge in [0.05, 0.1) is 4.92 Å². The van der Waals surface area contributed by atoms with E-state index in [2.05, 4.69) is 17.1 Å². The van der Waals surface area contributed by atoms with Crippen LogP contribution < -0.4 is 0 Å². The summed E-state index contributed by atoms with van der Waals surface area (Å²) in [5, 5.41) is 11.5. The van der Waals surface area contributed by atoms with E-state index in [9.17, 15) is 14.9 Å². The quantitative estimate of drug-likeness (QED) is 0.581. The van der Waals surface area contributed by atoms with E-state index in [0.29, 0.717) is 18.1 Å². The molecule has 2 aromatic rings. The summed E-state index contributed by atoms with van der Waals surface area (Å²) in [6, 6.07) is 14.1. The van der Waals surface area contributed by atoms with Crippen molar-refractivity contribution < 1.29 is 9.72 Å². The second-order valence-electron chi connectivity index (χ2n) is 6.32. The second kappa shape index (κ2) is 8.79. The van der Waals surface area contributed by atoms with Gasteiger partial charge in [-0.15, -0.1) is 0 Å². The maximum absolute atomic E-state index is 12.7. The van der Waals surface area contributed by atoms with Gasteiger partial charge in [-0.3, -0.25) is 19.8 Å². The minimum absolute atomic E-state index is 0.0462. The number of amides is 1. The number of carbonyl (C=O) groups is 1. The molecule has 0 radical (unpaired) electrons. The van der Waals surface area contributed by atoms with Gasteiger partial charge >= 0.3 is 0 Å². The topological polar surface area (TPSA) is 66.7 Å². The lowest BCUT2D eigenvalue weighted by molar-refractivity contribution is -0.385. The maximum Gasteiger partial charge on any atom is 0.282 e. The van der Waals surface area contributed by atoms with Crippen LogP contribution in [0.2, 0.25) is 5.02 Å². The number of nitro groups is 1. The summed E-state index contributed by atoms with van der Waals surface area (Å²) in [7, 11) is 0. The first-order chi connectivity index (χ1) is 13.0. The summed E-state index contributed by atoms with van der Waals surface area (Å²) < 4.78 is 0. The normalized spacial score (nSPS) is 15.2. The van der Waals surface area contributed by atoms with Gasteiger partial charge in [0.1, 0.15) is 5.56 Å². The predicted molar refractivity (Wildman–Crippen MR) is 106 cm³/mol. The van der Waals surface area contributed by atoms with Crippen molar-refractivity contribution in [2.24, 2.45) is 0 Å². The van der Waals surface area contributed by atoms with Gasteiger partial charge in [-0.25, -0.2) is 0 Å². The Labute approximate surface area is 162 Å². The average Bonchev–Trinajstić information content (AvgIpc) is 2.68. The Hall–Kier alpha value is -2.70. The van der Waals surface area contributed by atoms with Crippen LogP contribution in [-0.2, 0) is 0 Å². The molecule has 0 saturated carbocycles. The van der Waals surface area contributed by atoms with Crippen LogP contribution >= 0.6 is 11.6 Å². The van der Waals surface area contributed by atoms with E-state index in [-0.39, 0.29) is 17.2 Å². The molecule has 3 rings (SSSR count). The highest BCUT2D eigenvalue weighted by molar-refractivity contribution is 6.31. The Morgan fingerprint density at radius 3 is 2.48 bits per heavy atom. The van der Waals surface area contributed by atoms with Crippen molar-refractivity contribution in [3.63, 3.8) is 0 Å². The van der Waals surface area contributed by atoms with E-state index in [1.54, 1.807) is 4.90 Å². The number of hydrogen-bond donors (Lipinski definition) is 0. The van der Waals surface area contributed by atoms with E-state index in [4.69, 9.17) is 11.6 Å². The van der Waals surface area contributed by atoms with Crippen LogP contribution in [-0.4, -0.2) is 53.4 Å². The molecular weight excluding hydrogens is 366 g/mol. The summed E-state index contributed by atoms with van der Waals surface area (Å²) in [6.45, 7) is 3.30. The fraction of sp³-hybridized carbons (Fsp3) is 0.250. The minimum Gasteiger partial charge on any atom is -0.336 e. The van der Waals surface area contributed by atoms with Crippen molar-refractivity contribution in [1.29, 1.82) is 0 Å². The molecule has 1 fully saturated rings. The van der Waals surface area contributed by atoms with E-state index in [0.717, 1.165) is 25.2 Å². The number of benzene rings is 2. The number of piperazine rings is 1. The molecule has 1 aliphatic rings. The van der Waals surface area contributed by atoms with Crippen molar-refractivity contribution in [1.82, 2.24) is 9.80 Å². The second-order valence-corrected chi connectivity index (χ2v) is 6.76. The van der Waals surface area contributed by atoms with Gasteiger partial charge in [0, 0.05) is 43.8 Å². The molecule has 2 aromatic carbocycles. The first-order valence-corrected chi connectivity index (χ1v) is 9.09. The van der Waals surface area contributed by atoms with E-state index < -0.39 is 4.92 Å². The molecular formula is C20H20ClN3O3. The molecule has 0 spiro atoms. The molecule has 140 valence electrons.